The molecule has 0 fully saturated rings. The molecule has 1 aliphatic rings. The van der Waals surface area contributed by atoms with E-state index in [1.807, 2.05) is 0 Å². The normalized spacial score (nSPS) is 21.6. The Morgan fingerprint density at radius 2 is 1.69 bits per heavy atom. The van der Waals surface area contributed by atoms with Crippen molar-refractivity contribution < 1.29 is 0 Å². The van der Waals surface area contributed by atoms with E-state index in [1.54, 1.807) is 0 Å². The van der Waals surface area contributed by atoms with Gasteiger partial charge in [-0.1, -0.05) is 20.3 Å². The molecule has 1 unspecified atom stereocenters. The molecule has 0 saturated heterocycles. The Balaban J connectivity index is 2.32. The van der Waals surface area contributed by atoms with Crippen LogP contribution in [0.5, 0.6) is 0 Å². The van der Waals surface area contributed by atoms with E-state index in [2.05, 4.69) is 52.0 Å². The first-order chi connectivity index (χ1) is 6.29. The molecule has 0 amide bonds. The van der Waals surface area contributed by atoms with Crippen molar-refractivity contribution in [3.05, 3.63) is 12.4 Å². The third kappa shape index (κ3) is 2.90. The zero-order valence-electron chi connectivity index (χ0n) is 8.54. The van der Waals surface area contributed by atoms with Gasteiger partial charge in [-0.15, -0.1) is 0 Å². The fourth-order valence-corrected chi connectivity index (χ4v) is 2.15. The number of alkyl halides is 1. The van der Waals surface area contributed by atoms with Gasteiger partial charge >= 0.3 is 0 Å². The zero-order valence-corrected chi connectivity index (χ0v) is 10.1. The lowest BCUT2D eigenvalue weighted by Gasteiger charge is -2.27. The van der Waals surface area contributed by atoms with Crippen molar-refractivity contribution in [3.8, 4) is 0 Å². The summed E-state index contributed by atoms with van der Waals surface area (Å²) in [7, 11) is 0. The van der Waals surface area contributed by atoms with Gasteiger partial charge in [0.05, 0.1) is 0 Å². The number of rotatable bonds is 5. The van der Waals surface area contributed by atoms with E-state index in [0.717, 1.165) is 13.1 Å². The Kier molecular flexibility index (Phi) is 4.64. The molecule has 0 aromatic heterocycles. The van der Waals surface area contributed by atoms with Gasteiger partial charge in [0.15, 0.2) is 5.08 Å². The topological polar surface area (TPSA) is 6.48 Å². The van der Waals surface area contributed by atoms with Crippen LogP contribution in [-0.2, 0) is 0 Å². The van der Waals surface area contributed by atoms with E-state index in [1.165, 1.54) is 19.3 Å². The number of unbranched alkanes of at least 4 members (excludes halogenated alkanes) is 1. The fourth-order valence-electron chi connectivity index (χ4n) is 1.46. The minimum Gasteiger partial charge on any atom is -0.347 e. The minimum absolute atomic E-state index is 0.388. The second kappa shape index (κ2) is 5.53. The molecule has 1 aliphatic heterocycles. The maximum absolute atomic E-state index is 3.69. The van der Waals surface area contributed by atoms with Crippen molar-refractivity contribution >= 4 is 15.9 Å². The van der Waals surface area contributed by atoms with Crippen molar-refractivity contribution in [2.75, 3.05) is 13.1 Å². The molecule has 0 bridgehead atoms. The zero-order chi connectivity index (χ0) is 9.68. The summed E-state index contributed by atoms with van der Waals surface area (Å²) < 4.78 is 0. The standard InChI is InChI=1S/C10H19BrN2/c1-3-5-7-13-9-8-12(6-4-2)10(13)11/h8-10H,3-7H2,1-2H3. The van der Waals surface area contributed by atoms with E-state index in [9.17, 15) is 0 Å². The van der Waals surface area contributed by atoms with Gasteiger partial charge in [-0.2, -0.15) is 0 Å². The third-order valence-corrected chi connectivity index (χ3v) is 3.30. The summed E-state index contributed by atoms with van der Waals surface area (Å²) in [5.41, 5.74) is 0. The Bertz CT molecular complexity index is 170. The van der Waals surface area contributed by atoms with Crippen LogP contribution in [0.4, 0.5) is 0 Å². The van der Waals surface area contributed by atoms with Crippen molar-refractivity contribution in [2.45, 2.75) is 38.2 Å². The van der Waals surface area contributed by atoms with Crippen molar-refractivity contribution in [1.29, 1.82) is 0 Å². The lowest BCUT2D eigenvalue weighted by atomic mass is 10.3. The van der Waals surface area contributed by atoms with Crippen molar-refractivity contribution in [3.63, 3.8) is 0 Å². The summed E-state index contributed by atoms with van der Waals surface area (Å²) in [6.07, 6.45) is 8.10. The highest BCUT2D eigenvalue weighted by molar-refractivity contribution is 9.09. The molecule has 0 saturated carbocycles. The molecule has 13 heavy (non-hydrogen) atoms. The predicted molar refractivity (Wildman–Crippen MR) is 60.5 cm³/mol. The van der Waals surface area contributed by atoms with Crippen LogP contribution < -0.4 is 0 Å². The van der Waals surface area contributed by atoms with Gasteiger partial charge in [-0.25, -0.2) is 0 Å². The molecule has 0 aliphatic carbocycles. The van der Waals surface area contributed by atoms with Gasteiger partial charge in [-0.05, 0) is 28.8 Å². The molecular weight excluding hydrogens is 228 g/mol. The molecule has 1 atom stereocenters. The van der Waals surface area contributed by atoms with Gasteiger partial charge in [0.1, 0.15) is 0 Å². The molecule has 0 N–H and O–H groups in total. The molecule has 2 nitrogen and oxygen atoms in total. The van der Waals surface area contributed by atoms with Gasteiger partial charge in [-0.3, -0.25) is 0 Å². The molecule has 76 valence electrons. The Morgan fingerprint density at radius 3 is 2.23 bits per heavy atom. The average molecular weight is 247 g/mol. The third-order valence-electron chi connectivity index (χ3n) is 2.25. The molecule has 0 radical (unpaired) electrons. The molecule has 1 rings (SSSR count). The summed E-state index contributed by atoms with van der Waals surface area (Å²) in [4.78, 5) is 4.68. The average Bonchev–Trinajstić information content (AvgIpc) is 2.46. The maximum Gasteiger partial charge on any atom is 0.158 e. The van der Waals surface area contributed by atoms with E-state index in [-0.39, 0.29) is 0 Å². The van der Waals surface area contributed by atoms with Crippen LogP contribution in [0.2, 0.25) is 0 Å². The lowest BCUT2D eigenvalue weighted by molar-refractivity contribution is 0.237. The second-order valence-electron chi connectivity index (χ2n) is 3.44. The first-order valence-corrected chi connectivity index (χ1v) is 6.05. The SMILES string of the molecule is CCCCN1C=CN(CCC)C1Br. The molecule has 1 heterocycles. The summed E-state index contributed by atoms with van der Waals surface area (Å²) in [5.74, 6) is 0. The van der Waals surface area contributed by atoms with Gasteiger partial charge < -0.3 is 9.80 Å². The quantitative estimate of drug-likeness (QED) is 0.544. The Labute approximate surface area is 89.7 Å². The van der Waals surface area contributed by atoms with Crippen LogP contribution in [0.1, 0.15) is 33.1 Å². The van der Waals surface area contributed by atoms with Crippen LogP contribution in [0.3, 0.4) is 0 Å². The summed E-state index contributed by atoms with van der Waals surface area (Å²) in [5, 5.41) is 0.388. The molecule has 3 heteroatoms. The number of halogens is 1. The highest BCUT2D eigenvalue weighted by Gasteiger charge is 2.21. The first-order valence-electron chi connectivity index (χ1n) is 5.13. The van der Waals surface area contributed by atoms with E-state index >= 15 is 0 Å². The van der Waals surface area contributed by atoms with Crippen LogP contribution in [-0.4, -0.2) is 28.0 Å². The maximum atomic E-state index is 3.69. The molecule has 0 aromatic rings. The highest BCUT2D eigenvalue weighted by atomic mass is 79.9. The largest absolute Gasteiger partial charge is 0.347 e. The van der Waals surface area contributed by atoms with Crippen LogP contribution in [0, 0.1) is 0 Å². The monoisotopic (exact) mass is 246 g/mol. The number of hydrogen-bond donors (Lipinski definition) is 0. The van der Waals surface area contributed by atoms with Gasteiger partial charge in [0.2, 0.25) is 0 Å². The van der Waals surface area contributed by atoms with Gasteiger partial charge in [0, 0.05) is 25.5 Å². The number of hydrogen-bond acceptors (Lipinski definition) is 2. The first kappa shape index (κ1) is 10.9. The molecule has 0 aromatic carbocycles. The minimum atomic E-state index is 0.388. The molecular formula is C10H19BrN2. The smallest absolute Gasteiger partial charge is 0.158 e. The molecule has 0 spiro atoms. The summed E-state index contributed by atoms with van der Waals surface area (Å²) in [6, 6.07) is 0. The Morgan fingerprint density at radius 1 is 1.08 bits per heavy atom. The highest BCUT2D eigenvalue weighted by Crippen LogP contribution is 2.21. The second-order valence-corrected chi connectivity index (χ2v) is 4.26. The van der Waals surface area contributed by atoms with E-state index in [4.69, 9.17) is 0 Å². The van der Waals surface area contributed by atoms with Crippen LogP contribution in [0.25, 0.3) is 0 Å². The Hall–Kier alpha value is -0.180. The van der Waals surface area contributed by atoms with Crippen molar-refractivity contribution in [1.82, 2.24) is 9.80 Å². The summed E-state index contributed by atoms with van der Waals surface area (Å²) in [6.45, 7) is 6.73. The number of nitrogens with zero attached hydrogens (tertiary/aromatic N) is 2. The van der Waals surface area contributed by atoms with Crippen molar-refractivity contribution in [2.24, 2.45) is 0 Å². The van der Waals surface area contributed by atoms with Crippen LogP contribution >= 0.6 is 15.9 Å². The fraction of sp³-hybridized carbons (Fsp3) is 0.800. The summed E-state index contributed by atoms with van der Waals surface area (Å²) >= 11 is 3.69. The predicted octanol–water partition coefficient (Wildman–Crippen LogP) is 2.96. The van der Waals surface area contributed by atoms with Gasteiger partial charge in [0.25, 0.3) is 0 Å². The lowest BCUT2D eigenvalue weighted by Crippen LogP contribution is -2.34. The van der Waals surface area contributed by atoms with E-state index in [0.29, 0.717) is 5.08 Å². The van der Waals surface area contributed by atoms with Crippen LogP contribution in [0.15, 0.2) is 12.4 Å². The van der Waals surface area contributed by atoms with E-state index < -0.39 is 0 Å².